The summed E-state index contributed by atoms with van der Waals surface area (Å²) in [5.41, 5.74) is 3.14. The minimum atomic E-state index is -3.65. The van der Waals surface area contributed by atoms with Crippen molar-refractivity contribution in [3.8, 4) is 17.2 Å². The van der Waals surface area contributed by atoms with Crippen molar-refractivity contribution in [1.82, 2.24) is 4.90 Å². The maximum atomic E-state index is 15.4. The van der Waals surface area contributed by atoms with Gasteiger partial charge in [0.25, 0.3) is 0 Å². The van der Waals surface area contributed by atoms with Crippen LogP contribution < -0.4 is 14.2 Å². The molecule has 1 amide bonds. The number of rotatable bonds is 19. The van der Waals surface area contributed by atoms with Crippen LogP contribution in [0.4, 0.5) is 4.79 Å². The van der Waals surface area contributed by atoms with Crippen LogP contribution in [0.5, 0.6) is 17.2 Å². The van der Waals surface area contributed by atoms with E-state index >= 15 is 4.79 Å². The van der Waals surface area contributed by atoms with Crippen LogP contribution in [0.15, 0.2) is 82.3 Å². The van der Waals surface area contributed by atoms with Crippen LogP contribution in [0.3, 0.4) is 0 Å². The number of hydrogen-bond donors (Lipinski definition) is 0. The Morgan fingerprint density at radius 2 is 1.17 bits per heavy atom. The van der Waals surface area contributed by atoms with Gasteiger partial charge in [-0.15, -0.1) is 0 Å². The zero-order valence-corrected chi connectivity index (χ0v) is 42.5. The van der Waals surface area contributed by atoms with Gasteiger partial charge in [-0.3, -0.25) is 0 Å². The first-order chi connectivity index (χ1) is 27.9. The van der Waals surface area contributed by atoms with E-state index in [1.54, 1.807) is 21.3 Å². The molecule has 0 N–H and O–H groups in total. The molecule has 1 aliphatic heterocycles. The summed E-state index contributed by atoms with van der Waals surface area (Å²) in [7, 11) is 2.27. The summed E-state index contributed by atoms with van der Waals surface area (Å²) in [5, 5.41) is -0.168. The number of unbranched alkanes of at least 4 members (excludes halogenated alkanes) is 3. The summed E-state index contributed by atoms with van der Waals surface area (Å²) < 4.78 is 44.2. The molecular formula is C49H73NO7SiSn. The molecule has 3 aromatic rings. The van der Waals surface area contributed by atoms with Crippen molar-refractivity contribution in [2.75, 3.05) is 21.3 Å². The van der Waals surface area contributed by atoms with Crippen molar-refractivity contribution in [3.63, 3.8) is 0 Å². The maximum absolute atomic E-state index is 15.4. The third-order valence-electron chi connectivity index (χ3n) is 11.7. The van der Waals surface area contributed by atoms with Gasteiger partial charge < -0.3 is 0 Å². The molecular weight excluding hydrogens is 861 g/mol. The van der Waals surface area contributed by atoms with Crippen molar-refractivity contribution in [1.29, 1.82) is 0 Å². The monoisotopic (exact) mass is 935 g/mol. The topological polar surface area (TPSA) is 75.7 Å². The van der Waals surface area contributed by atoms with Gasteiger partial charge in [0.1, 0.15) is 0 Å². The predicted octanol–water partition coefficient (Wildman–Crippen LogP) is 14.2. The van der Waals surface area contributed by atoms with Crippen LogP contribution in [0.25, 0.3) is 11.4 Å². The second-order valence-corrected chi connectivity index (χ2v) is 36.0. The third-order valence-corrected chi connectivity index (χ3v) is 31.1. The number of carbonyl (C=O) groups excluding carboxylic acids is 1. The molecule has 1 aliphatic rings. The summed E-state index contributed by atoms with van der Waals surface area (Å²) in [6, 6.07) is 24.4. The van der Waals surface area contributed by atoms with Crippen LogP contribution >= 0.6 is 0 Å². The quantitative estimate of drug-likeness (QED) is 0.111. The van der Waals surface area contributed by atoms with E-state index in [-0.39, 0.29) is 5.04 Å². The first-order valence-electron chi connectivity index (χ1n) is 21.7. The van der Waals surface area contributed by atoms with Crippen LogP contribution in [-0.4, -0.2) is 64.6 Å². The second-order valence-electron chi connectivity index (χ2n) is 18.3. The number of ether oxygens (including phenoxy) is 5. The Morgan fingerprint density at radius 3 is 1.56 bits per heavy atom. The zero-order chi connectivity index (χ0) is 43.6. The average molecular weight is 935 g/mol. The standard InChI is InChI=1S/C37H46NO7Si.3C4H9.Sn/c1-36(2,3)44-35(39)38-28(25-18-14-12-15-19-25)24-43-34(31(38)26-20-16-13-17-21-26)32(45-46(10,11)37(4,5)6)27-22-29(40-7)33(42-9)30(23-27)41-8;3*1-3-4-2;/h12-23,32H,1-11H3;3*1,3-4H2,2H3;. The van der Waals surface area contributed by atoms with E-state index in [1.807, 2.05) is 74.2 Å². The second kappa shape index (κ2) is 20.9. The average Bonchev–Trinajstić information content (AvgIpc) is 3.21. The molecule has 0 bridgehead atoms. The minimum absolute atomic E-state index is 0.168. The Hall–Kier alpha value is -3.41. The van der Waals surface area contributed by atoms with Crippen LogP contribution in [-0.2, 0) is 13.9 Å². The van der Waals surface area contributed by atoms with Crippen molar-refractivity contribution < 1.29 is 32.9 Å². The van der Waals surface area contributed by atoms with Gasteiger partial charge in [-0.25, -0.2) is 0 Å². The molecule has 0 aliphatic carbocycles. The van der Waals surface area contributed by atoms with E-state index in [9.17, 15) is 0 Å². The van der Waals surface area contributed by atoms with Crippen molar-refractivity contribution in [2.24, 2.45) is 0 Å². The summed E-state index contributed by atoms with van der Waals surface area (Å²) >= 11 is -3.65. The number of benzene rings is 3. The van der Waals surface area contributed by atoms with Crippen LogP contribution in [0.2, 0.25) is 31.4 Å². The Labute approximate surface area is 361 Å². The Bertz CT molecular complexity index is 1850. The predicted molar refractivity (Wildman–Crippen MR) is 248 cm³/mol. The third kappa shape index (κ3) is 11.5. The fourth-order valence-corrected chi connectivity index (χ4v) is 24.7. The molecule has 0 spiro atoms. The number of methoxy groups -OCH3 is 3. The van der Waals surface area contributed by atoms with Gasteiger partial charge in [-0.1, -0.05) is 0 Å². The number of carbonyl (C=O) groups is 1. The molecule has 324 valence electrons. The van der Waals surface area contributed by atoms with Gasteiger partial charge in [0.05, 0.1) is 0 Å². The molecule has 8 nitrogen and oxygen atoms in total. The SMILES string of the molecule is CCC[CH2][Sn]([CH2]CCC)([CH2]CCC)[C]1=C(c2ccccc2)N(C(=O)OC(C)(C)C)C(c2ccccc2)=C(C(O[Si](C)(C)C(C)(C)C)c2cc(OC)c(OC)c(OC)c2)O1. The molecule has 1 atom stereocenters. The molecule has 3 aromatic carbocycles. The van der Waals surface area contributed by atoms with E-state index in [4.69, 9.17) is 28.1 Å². The molecule has 1 unspecified atom stereocenters. The normalized spacial score (nSPS) is 14.6. The van der Waals surface area contributed by atoms with Gasteiger partial charge in [-0.2, -0.15) is 0 Å². The Balaban J connectivity index is 2.33. The fourth-order valence-electron chi connectivity index (χ4n) is 7.54. The summed E-state index contributed by atoms with van der Waals surface area (Å²) in [5.74, 6) is 2.08. The summed E-state index contributed by atoms with van der Waals surface area (Å²) in [6.45, 7) is 23.9. The fraction of sp³-hybridized carbons (Fsp3) is 0.531. The molecule has 1 heterocycles. The van der Waals surface area contributed by atoms with Gasteiger partial charge in [0.2, 0.25) is 0 Å². The van der Waals surface area contributed by atoms with Gasteiger partial charge in [0.15, 0.2) is 0 Å². The number of nitrogens with zero attached hydrogens (tertiary/aromatic N) is 1. The summed E-state index contributed by atoms with van der Waals surface area (Å²) in [6.07, 6.45) is 5.34. The zero-order valence-electron chi connectivity index (χ0n) is 38.7. The molecule has 0 saturated carbocycles. The molecule has 59 heavy (non-hydrogen) atoms. The van der Waals surface area contributed by atoms with E-state index < -0.39 is 44.5 Å². The van der Waals surface area contributed by atoms with Crippen molar-refractivity contribution in [3.05, 3.63) is 99.0 Å². The molecule has 0 radical (unpaired) electrons. The number of hydrogen-bond acceptors (Lipinski definition) is 7. The first kappa shape index (κ1) is 48.3. The Kier molecular flexibility index (Phi) is 17.1. The molecule has 0 saturated heterocycles. The molecule has 10 heteroatoms. The number of amides is 1. The molecule has 0 aromatic heterocycles. The van der Waals surface area contributed by atoms with E-state index in [2.05, 4.69) is 78.9 Å². The van der Waals surface area contributed by atoms with E-state index in [0.717, 1.165) is 78.0 Å². The first-order valence-corrected chi connectivity index (χ1v) is 32.1. The van der Waals surface area contributed by atoms with Crippen LogP contribution in [0.1, 0.15) is 124 Å². The van der Waals surface area contributed by atoms with Gasteiger partial charge >= 0.3 is 364 Å². The van der Waals surface area contributed by atoms with E-state index in [0.29, 0.717) is 28.7 Å². The van der Waals surface area contributed by atoms with E-state index in [1.165, 1.54) is 0 Å². The van der Waals surface area contributed by atoms with Crippen molar-refractivity contribution >= 4 is 44.2 Å². The molecule has 4 rings (SSSR count). The van der Waals surface area contributed by atoms with Crippen molar-refractivity contribution in [2.45, 2.75) is 144 Å². The van der Waals surface area contributed by atoms with Gasteiger partial charge in [-0.05, 0) is 0 Å². The Morgan fingerprint density at radius 1 is 0.712 bits per heavy atom. The van der Waals surface area contributed by atoms with Gasteiger partial charge in [0, 0.05) is 0 Å². The summed E-state index contributed by atoms with van der Waals surface area (Å²) in [4.78, 5) is 17.3. The molecule has 0 fully saturated rings. The van der Waals surface area contributed by atoms with Crippen LogP contribution in [0, 0.1) is 0 Å².